The molecule has 1 fully saturated rings. The van der Waals surface area contributed by atoms with Crippen molar-refractivity contribution in [2.45, 2.75) is 42.7 Å². The first-order valence-electron chi connectivity index (χ1n) is 7.86. The molecule has 1 aliphatic heterocycles. The number of hydrogen-bond donors (Lipinski definition) is 6. The summed E-state index contributed by atoms with van der Waals surface area (Å²) in [6, 6.07) is 3.17. The minimum atomic E-state index is -2.48. The first-order chi connectivity index (χ1) is 12.6. The lowest BCUT2D eigenvalue weighted by Crippen LogP contribution is -2.67. The van der Waals surface area contributed by atoms with E-state index in [1.807, 2.05) is 0 Å². The summed E-state index contributed by atoms with van der Waals surface area (Å²) in [6.07, 6.45) is -7.18. The minimum Gasteiger partial charge on any atom is -0.476 e. The summed E-state index contributed by atoms with van der Waals surface area (Å²) in [7, 11) is 0. The Kier molecular flexibility index (Phi) is 6.30. The summed E-state index contributed by atoms with van der Waals surface area (Å²) in [5, 5.41) is 59.0. The Bertz CT molecular complexity index is 684. The molecule has 3 unspecified atom stereocenters. The second kappa shape index (κ2) is 8.12. The number of carboxylic acid groups (broad SMARTS) is 1. The molecule has 1 aromatic rings. The number of nitrogens with zero attached hydrogens (tertiary/aromatic N) is 1. The number of nitro groups is 1. The number of hydrogen-bond acceptors (Lipinski definition) is 10. The zero-order chi connectivity index (χ0) is 20.4. The predicted octanol–water partition coefficient (Wildman–Crippen LogP) is -2.05. The lowest BCUT2D eigenvalue weighted by atomic mass is 9.89. The molecule has 12 nitrogen and oxygen atoms in total. The number of aliphatic hydroxyl groups is 4. The van der Waals surface area contributed by atoms with Crippen molar-refractivity contribution in [1.82, 2.24) is 0 Å². The van der Waals surface area contributed by atoms with Crippen molar-refractivity contribution in [3.05, 3.63) is 34.4 Å². The Hall–Kier alpha value is -2.35. The molecule has 0 amide bonds. The van der Waals surface area contributed by atoms with Gasteiger partial charge in [-0.25, -0.2) is 4.79 Å². The van der Waals surface area contributed by atoms with Gasteiger partial charge in [-0.05, 0) is 12.1 Å². The van der Waals surface area contributed by atoms with Crippen molar-refractivity contribution in [1.29, 1.82) is 0 Å². The highest BCUT2D eigenvalue weighted by atomic mass is 16.7. The van der Waals surface area contributed by atoms with E-state index in [9.17, 15) is 35.3 Å². The van der Waals surface area contributed by atoms with E-state index >= 15 is 0 Å². The van der Waals surface area contributed by atoms with Gasteiger partial charge in [-0.15, -0.1) is 0 Å². The third-order valence-electron chi connectivity index (χ3n) is 4.20. The largest absolute Gasteiger partial charge is 0.476 e. The van der Waals surface area contributed by atoms with E-state index in [-0.39, 0.29) is 11.4 Å². The van der Waals surface area contributed by atoms with Crippen LogP contribution in [0.2, 0.25) is 0 Å². The second-order valence-electron chi connectivity index (χ2n) is 6.08. The van der Waals surface area contributed by atoms with Gasteiger partial charge in [0.25, 0.3) is 5.69 Å². The number of carbonyl (C=O) groups is 1. The molecule has 0 aromatic heterocycles. The molecule has 1 heterocycles. The van der Waals surface area contributed by atoms with Crippen molar-refractivity contribution < 1.29 is 44.7 Å². The van der Waals surface area contributed by atoms with Crippen LogP contribution in [0.1, 0.15) is 6.42 Å². The van der Waals surface area contributed by atoms with Gasteiger partial charge >= 0.3 is 11.8 Å². The molecule has 0 spiro atoms. The Morgan fingerprint density at radius 1 is 1.41 bits per heavy atom. The van der Waals surface area contributed by atoms with Crippen molar-refractivity contribution in [2.24, 2.45) is 5.73 Å². The van der Waals surface area contributed by atoms with Crippen molar-refractivity contribution in [3.63, 3.8) is 0 Å². The Labute approximate surface area is 152 Å². The van der Waals surface area contributed by atoms with E-state index in [0.717, 1.165) is 24.3 Å². The number of rotatable bonds is 7. The Morgan fingerprint density at radius 2 is 2.00 bits per heavy atom. The van der Waals surface area contributed by atoms with E-state index in [1.165, 1.54) is 0 Å². The molecule has 0 saturated carbocycles. The molecular formula is C15H20N2O10. The van der Waals surface area contributed by atoms with E-state index in [4.69, 9.17) is 20.3 Å². The second-order valence-corrected chi connectivity index (χ2v) is 6.08. The molecule has 1 aliphatic rings. The predicted molar refractivity (Wildman–Crippen MR) is 86.7 cm³/mol. The lowest BCUT2D eigenvalue weighted by Gasteiger charge is -2.45. The normalized spacial score (nSPS) is 30.3. The molecule has 0 bridgehead atoms. The zero-order valence-electron chi connectivity index (χ0n) is 13.9. The SMILES string of the molecule is N[C@@H]1[C@@H](O)CC(Oc2ccc([N+](=O)[O-])cc2)(C(=O)O)O[C@H]1C(O)C(O)CO. The smallest absolute Gasteiger partial charge is 0.377 e. The van der Waals surface area contributed by atoms with Gasteiger partial charge in [0.15, 0.2) is 0 Å². The van der Waals surface area contributed by atoms with Gasteiger partial charge in [-0.3, -0.25) is 10.1 Å². The summed E-state index contributed by atoms with van der Waals surface area (Å²) in [4.78, 5) is 21.8. The molecule has 0 aliphatic carbocycles. The molecule has 150 valence electrons. The summed E-state index contributed by atoms with van der Waals surface area (Å²) < 4.78 is 10.7. The van der Waals surface area contributed by atoms with Crippen LogP contribution in [0.15, 0.2) is 24.3 Å². The summed E-state index contributed by atoms with van der Waals surface area (Å²) in [5.74, 6) is -4.24. The topological polar surface area (TPSA) is 206 Å². The van der Waals surface area contributed by atoms with Gasteiger partial charge < -0.3 is 40.7 Å². The number of ether oxygens (including phenoxy) is 2. The van der Waals surface area contributed by atoms with Crippen LogP contribution in [-0.4, -0.2) is 79.3 Å². The minimum absolute atomic E-state index is 0.110. The van der Waals surface area contributed by atoms with Gasteiger partial charge in [0.1, 0.15) is 24.1 Å². The van der Waals surface area contributed by atoms with Crippen LogP contribution in [-0.2, 0) is 9.53 Å². The fraction of sp³-hybridized carbons (Fsp3) is 0.533. The highest BCUT2D eigenvalue weighted by Crippen LogP contribution is 2.34. The van der Waals surface area contributed by atoms with Crippen molar-refractivity contribution >= 4 is 11.7 Å². The van der Waals surface area contributed by atoms with Crippen LogP contribution in [0.4, 0.5) is 5.69 Å². The molecule has 1 aromatic carbocycles. The highest BCUT2D eigenvalue weighted by Gasteiger charge is 2.55. The number of aliphatic hydroxyl groups excluding tert-OH is 4. The average molecular weight is 388 g/mol. The zero-order valence-corrected chi connectivity index (χ0v) is 13.9. The summed E-state index contributed by atoms with van der Waals surface area (Å²) >= 11 is 0. The molecule has 6 atom stereocenters. The van der Waals surface area contributed by atoms with Crippen LogP contribution in [0, 0.1) is 10.1 Å². The number of nitro benzene ring substituents is 1. The van der Waals surface area contributed by atoms with Gasteiger partial charge in [-0.2, -0.15) is 0 Å². The van der Waals surface area contributed by atoms with Crippen LogP contribution < -0.4 is 10.5 Å². The number of benzene rings is 1. The third-order valence-corrected chi connectivity index (χ3v) is 4.20. The average Bonchev–Trinajstić information content (AvgIpc) is 2.63. The third kappa shape index (κ3) is 4.32. The van der Waals surface area contributed by atoms with E-state index in [1.54, 1.807) is 0 Å². The molecule has 12 heteroatoms. The molecule has 2 rings (SSSR count). The van der Waals surface area contributed by atoms with Gasteiger partial charge in [0.2, 0.25) is 0 Å². The number of carboxylic acids is 1. The Morgan fingerprint density at radius 3 is 2.48 bits per heavy atom. The molecular weight excluding hydrogens is 368 g/mol. The van der Waals surface area contributed by atoms with E-state index in [2.05, 4.69) is 0 Å². The fourth-order valence-electron chi connectivity index (χ4n) is 2.67. The maximum atomic E-state index is 11.8. The maximum absolute atomic E-state index is 11.8. The maximum Gasteiger partial charge on any atom is 0.377 e. The highest BCUT2D eigenvalue weighted by molar-refractivity contribution is 5.76. The summed E-state index contributed by atoms with van der Waals surface area (Å²) in [6.45, 7) is -0.854. The lowest BCUT2D eigenvalue weighted by molar-refractivity contribution is -0.384. The Balaban J connectivity index is 2.32. The van der Waals surface area contributed by atoms with Gasteiger partial charge in [0.05, 0.1) is 30.1 Å². The van der Waals surface area contributed by atoms with Crippen LogP contribution in [0.3, 0.4) is 0 Å². The summed E-state index contributed by atoms with van der Waals surface area (Å²) in [5.41, 5.74) is 5.48. The molecule has 27 heavy (non-hydrogen) atoms. The monoisotopic (exact) mass is 388 g/mol. The van der Waals surface area contributed by atoms with Gasteiger partial charge in [0, 0.05) is 12.1 Å². The molecule has 0 radical (unpaired) electrons. The number of non-ortho nitro benzene ring substituents is 1. The first-order valence-corrected chi connectivity index (χ1v) is 7.86. The van der Waals surface area contributed by atoms with Crippen molar-refractivity contribution in [3.8, 4) is 5.75 Å². The van der Waals surface area contributed by atoms with Crippen molar-refractivity contribution in [2.75, 3.05) is 6.61 Å². The van der Waals surface area contributed by atoms with E-state index in [0.29, 0.717) is 0 Å². The molecule has 7 N–H and O–H groups in total. The first kappa shape index (κ1) is 21.0. The van der Waals surface area contributed by atoms with E-state index < -0.39 is 60.2 Å². The molecule has 1 saturated heterocycles. The quantitative estimate of drug-likeness (QED) is 0.221. The fourth-order valence-corrected chi connectivity index (χ4v) is 2.67. The van der Waals surface area contributed by atoms with Gasteiger partial charge in [-0.1, -0.05) is 0 Å². The number of aliphatic carboxylic acids is 1. The number of nitrogens with two attached hydrogens (primary N) is 1. The van der Waals surface area contributed by atoms with Crippen LogP contribution in [0.25, 0.3) is 0 Å². The van der Waals surface area contributed by atoms with Crippen LogP contribution in [0.5, 0.6) is 5.75 Å². The van der Waals surface area contributed by atoms with Crippen LogP contribution >= 0.6 is 0 Å². The standard InChI is InChI=1S/C15H20N2O10/c16-11-9(19)5-15(14(22)23,27-13(11)12(21)10(20)6-18)26-8-3-1-7(2-4-8)17(24)25/h1-4,9-13,18-21H,5-6,16H2,(H,22,23)/t9-,10?,11+,12?,13+,15?/m0/s1.